The third-order valence-electron chi connectivity index (χ3n) is 3.45. The van der Waals surface area contributed by atoms with E-state index in [2.05, 4.69) is 0 Å². The van der Waals surface area contributed by atoms with Gasteiger partial charge in [-0.1, -0.05) is 18.2 Å². The van der Waals surface area contributed by atoms with Gasteiger partial charge in [0.1, 0.15) is 6.04 Å². The van der Waals surface area contributed by atoms with Crippen LogP contribution in [-0.4, -0.2) is 42.3 Å². The maximum Gasteiger partial charge on any atom is 0.325 e. The third kappa shape index (κ3) is 2.36. The highest BCUT2D eigenvalue weighted by Gasteiger charge is 2.30. The number of hydrogen-bond acceptors (Lipinski definition) is 4. The zero-order valence-corrected chi connectivity index (χ0v) is 11.2. The average molecular weight is 277 g/mol. The topological polar surface area (TPSA) is 49.8 Å². The summed E-state index contributed by atoms with van der Waals surface area (Å²) in [6.45, 7) is 2.54. The second-order valence-electron chi connectivity index (χ2n) is 4.58. The Hall–Kier alpha value is -1.43. The van der Waals surface area contributed by atoms with Crippen molar-refractivity contribution < 1.29 is 14.6 Å². The molecule has 1 unspecified atom stereocenters. The van der Waals surface area contributed by atoms with Gasteiger partial charge in [0.05, 0.1) is 13.2 Å². The average Bonchev–Trinajstić information content (AvgIpc) is 2.84. The predicted molar refractivity (Wildman–Crippen MR) is 74.6 cm³/mol. The summed E-state index contributed by atoms with van der Waals surface area (Å²) in [6.07, 6.45) is 0. The van der Waals surface area contributed by atoms with Gasteiger partial charge in [-0.2, -0.15) is 0 Å². The number of hydrogen-bond donors (Lipinski definition) is 1. The summed E-state index contributed by atoms with van der Waals surface area (Å²) >= 11 is 1.60. The molecule has 1 aliphatic rings. The molecule has 2 aromatic rings. The number of carbonyl (C=O) groups is 1. The number of carboxylic acid groups (broad SMARTS) is 1. The van der Waals surface area contributed by atoms with Crippen LogP contribution in [0.15, 0.2) is 29.6 Å². The van der Waals surface area contributed by atoms with E-state index in [1.54, 1.807) is 11.3 Å². The third-order valence-corrected chi connectivity index (χ3v) is 4.43. The number of rotatable bonds is 3. The Morgan fingerprint density at radius 2 is 2.05 bits per heavy atom. The van der Waals surface area contributed by atoms with Crippen LogP contribution < -0.4 is 0 Å². The number of morpholine rings is 1. The summed E-state index contributed by atoms with van der Waals surface area (Å²) in [5.74, 6) is -0.787. The molecule has 0 spiro atoms. The van der Waals surface area contributed by atoms with Crippen molar-refractivity contribution in [3.8, 4) is 0 Å². The lowest BCUT2D eigenvalue weighted by Gasteiger charge is -2.31. The van der Waals surface area contributed by atoms with Crippen molar-refractivity contribution in [2.45, 2.75) is 6.04 Å². The summed E-state index contributed by atoms with van der Waals surface area (Å²) in [5, 5.41) is 12.6. The standard InChI is InChI=1S/C14H15NO3S/c16-14(17)13(15-5-7-18-8-6-15)11-9-19-12-4-2-1-3-10(11)12/h1-4,9,13H,5-8H2,(H,16,17). The fourth-order valence-electron chi connectivity index (χ4n) is 2.53. The quantitative estimate of drug-likeness (QED) is 0.935. The SMILES string of the molecule is O=C(O)C(c1csc2ccccc12)N1CCOCC1. The molecule has 1 aliphatic heterocycles. The maximum atomic E-state index is 11.7. The largest absolute Gasteiger partial charge is 0.480 e. The molecule has 1 saturated heterocycles. The lowest BCUT2D eigenvalue weighted by molar-refractivity contribution is -0.145. The molecule has 19 heavy (non-hydrogen) atoms. The van der Waals surface area contributed by atoms with Crippen LogP contribution in [0.5, 0.6) is 0 Å². The van der Waals surface area contributed by atoms with Gasteiger partial charge in [0.2, 0.25) is 0 Å². The maximum absolute atomic E-state index is 11.7. The molecule has 5 heteroatoms. The molecule has 0 radical (unpaired) electrons. The van der Waals surface area contributed by atoms with Gasteiger partial charge in [-0.25, -0.2) is 0 Å². The number of thiophene rings is 1. The van der Waals surface area contributed by atoms with Gasteiger partial charge in [0, 0.05) is 17.8 Å². The molecule has 1 aromatic carbocycles. The fourth-order valence-corrected chi connectivity index (χ4v) is 3.51. The minimum absolute atomic E-state index is 0.569. The highest BCUT2D eigenvalue weighted by molar-refractivity contribution is 7.17. The Labute approximate surface area is 115 Å². The van der Waals surface area contributed by atoms with Crippen LogP contribution in [0.2, 0.25) is 0 Å². The molecule has 2 heterocycles. The van der Waals surface area contributed by atoms with Gasteiger partial charge in [0.15, 0.2) is 0 Å². The predicted octanol–water partition coefficient (Wildman–Crippen LogP) is 2.36. The second kappa shape index (κ2) is 5.28. The summed E-state index contributed by atoms with van der Waals surface area (Å²) in [4.78, 5) is 13.6. The number of fused-ring (bicyclic) bond motifs is 1. The second-order valence-corrected chi connectivity index (χ2v) is 5.49. The number of nitrogens with zero attached hydrogens (tertiary/aromatic N) is 1. The Morgan fingerprint density at radius 3 is 2.79 bits per heavy atom. The van der Waals surface area contributed by atoms with E-state index < -0.39 is 12.0 Å². The van der Waals surface area contributed by atoms with Crippen LogP contribution in [0.25, 0.3) is 10.1 Å². The normalized spacial score (nSPS) is 18.5. The minimum atomic E-state index is -0.787. The number of ether oxygens (including phenoxy) is 1. The fraction of sp³-hybridized carbons (Fsp3) is 0.357. The van der Waals surface area contributed by atoms with Crippen LogP contribution in [0.1, 0.15) is 11.6 Å². The minimum Gasteiger partial charge on any atom is -0.480 e. The molecule has 1 atom stereocenters. The van der Waals surface area contributed by atoms with Crippen molar-refractivity contribution >= 4 is 27.4 Å². The van der Waals surface area contributed by atoms with Gasteiger partial charge < -0.3 is 9.84 Å². The smallest absolute Gasteiger partial charge is 0.325 e. The van der Waals surface area contributed by atoms with E-state index in [0.29, 0.717) is 26.3 Å². The Kier molecular flexibility index (Phi) is 3.50. The van der Waals surface area contributed by atoms with Gasteiger partial charge in [-0.15, -0.1) is 11.3 Å². The first-order valence-electron chi connectivity index (χ1n) is 6.28. The first kappa shape index (κ1) is 12.6. The molecule has 100 valence electrons. The molecule has 1 N–H and O–H groups in total. The van der Waals surface area contributed by atoms with Crippen molar-refractivity contribution in [1.82, 2.24) is 4.90 Å². The van der Waals surface area contributed by atoms with Crippen molar-refractivity contribution in [1.29, 1.82) is 0 Å². The van der Waals surface area contributed by atoms with E-state index in [9.17, 15) is 9.90 Å². The molecular formula is C14H15NO3S. The zero-order valence-electron chi connectivity index (χ0n) is 10.4. The molecular weight excluding hydrogens is 262 g/mol. The summed E-state index contributed by atoms with van der Waals surface area (Å²) in [5.41, 5.74) is 0.898. The first-order chi connectivity index (χ1) is 9.27. The molecule has 0 bridgehead atoms. The highest BCUT2D eigenvalue weighted by Crippen LogP contribution is 2.33. The van der Waals surface area contributed by atoms with Crippen molar-refractivity contribution in [2.24, 2.45) is 0 Å². The van der Waals surface area contributed by atoms with E-state index in [1.165, 1.54) is 0 Å². The Bertz CT molecular complexity index is 589. The van der Waals surface area contributed by atoms with Crippen LogP contribution in [0.4, 0.5) is 0 Å². The highest BCUT2D eigenvalue weighted by atomic mass is 32.1. The zero-order chi connectivity index (χ0) is 13.2. The molecule has 1 aromatic heterocycles. The molecule has 0 amide bonds. The van der Waals surface area contributed by atoms with Crippen molar-refractivity contribution in [3.63, 3.8) is 0 Å². The van der Waals surface area contributed by atoms with Crippen LogP contribution in [0, 0.1) is 0 Å². The Balaban J connectivity index is 2.01. The molecule has 4 nitrogen and oxygen atoms in total. The van der Waals surface area contributed by atoms with Crippen LogP contribution >= 0.6 is 11.3 Å². The van der Waals surface area contributed by atoms with Crippen molar-refractivity contribution in [3.05, 3.63) is 35.2 Å². The van der Waals surface area contributed by atoms with E-state index in [4.69, 9.17) is 4.74 Å². The number of benzene rings is 1. The van der Waals surface area contributed by atoms with Crippen LogP contribution in [-0.2, 0) is 9.53 Å². The summed E-state index contributed by atoms with van der Waals surface area (Å²) < 4.78 is 6.44. The number of aliphatic carboxylic acids is 1. The Morgan fingerprint density at radius 1 is 1.32 bits per heavy atom. The summed E-state index contributed by atoms with van der Waals surface area (Å²) in [7, 11) is 0. The van der Waals surface area contributed by atoms with Gasteiger partial charge >= 0.3 is 5.97 Å². The van der Waals surface area contributed by atoms with E-state index >= 15 is 0 Å². The van der Waals surface area contributed by atoms with Gasteiger partial charge in [-0.3, -0.25) is 9.69 Å². The lowest BCUT2D eigenvalue weighted by Crippen LogP contribution is -2.42. The molecule has 3 rings (SSSR count). The summed E-state index contributed by atoms with van der Waals surface area (Å²) in [6, 6.07) is 7.39. The monoisotopic (exact) mass is 277 g/mol. The molecule has 0 aliphatic carbocycles. The van der Waals surface area contributed by atoms with Crippen LogP contribution in [0.3, 0.4) is 0 Å². The number of carboxylic acids is 1. The lowest BCUT2D eigenvalue weighted by atomic mass is 10.0. The van der Waals surface area contributed by atoms with Gasteiger partial charge in [-0.05, 0) is 22.4 Å². The van der Waals surface area contributed by atoms with E-state index in [1.807, 2.05) is 34.5 Å². The van der Waals surface area contributed by atoms with Crippen molar-refractivity contribution in [2.75, 3.05) is 26.3 Å². The van der Waals surface area contributed by atoms with E-state index in [-0.39, 0.29) is 0 Å². The van der Waals surface area contributed by atoms with E-state index in [0.717, 1.165) is 15.6 Å². The van der Waals surface area contributed by atoms with Gasteiger partial charge in [0.25, 0.3) is 0 Å². The molecule has 1 fully saturated rings. The first-order valence-corrected chi connectivity index (χ1v) is 7.16. The molecule has 0 saturated carbocycles.